The molecule has 1 heterocycles. The van der Waals surface area contributed by atoms with Crippen molar-refractivity contribution in [2.75, 3.05) is 13.2 Å². The number of hydrogen-bond donors (Lipinski definition) is 2. The van der Waals surface area contributed by atoms with E-state index in [1.165, 1.54) is 10.4 Å². The molecule has 1 amide bonds. The molecule has 4 heteroatoms. The monoisotopic (exact) mass is 253 g/mol. The Labute approximate surface area is 106 Å². The maximum atomic E-state index is 11.9. The highest BCUT2D eigenvalue weighted by molar-refractivity contribution is 7.14. The third-order valence-electron chi connectivity index (χ3n) is 3.54. The van der Waals surface area contributed by atoms with Crippen molar-refractivity contribution in [2.24, 2.45) is 5.41 Å². The highest BCUT2D eigenvalue weighted by Crippen LogP contribution is 2.44. The minimum atomic E-state index is -0.0183. The van der Waals surface area contributed by atoms with Crippen LogP contribution < -0.4 is 5.32 Å². The zero-order valence-electron chi connectivity index (χ0n) is 10.4. The molecule has 0 atom stereocenters. The lowest BCUT2D eigenvalue weighted by molar-refractivity contribution is 0.0939. The van der Waals surface area contributed by atoms with Crippen molar-refractivity contribution in [3.8, 4) is 0 Å². The molecule has 2 rings (SSSR count). The van der Waals surface area contributed by atoms with Crippen LogP contribution in [0.1, 0.15) is 39.9 Å². The van der Waals surface area contributed by atoms with Crippen LogP contribution in [0.2, 0.25) is 0 Å². The van der Waals surface area contributed by atoms with Crippen molar-refractivity contribution in [3.63, 3.8) is 0 Å². The summed E-state index contributed by atoms with van der Waals surface area (Å²) in [6.07, 6.45) is 3.01. The van der Waals surface area contributed by atoms with E-state index in [1.807, 2.05) is 6.07 Å². The number of carbonyl (C=O) groups is 1. The standard InChI is InChI=1S/C13H19NO2S/c1-3-10-6-11(17-9(10)2)12(16)14-7-13(8-15)4-5-13/h6,15H,3-5,7-8H2,1-2H3,(H,14,16). The molecule has 17 heavy (non-hydrogen) atoms. The molecular formula is C13H19NO2S. The van der Waals surface area contributed by atoms with Crippen molar-refractivity contribution in [1.29, 1.82) is 0 Å². The molecule has 0 spiro atoms. The van der Waals surface area contributed by atoms with E-state index in [0.717, 1.165) is 24.1 Å². The average Bonchev–Trinajstić information content (AvgIpc) is 3.03. The quantitative estimate of drug-likeness (QED) is 0.844. The lowest BCUT2D eigenvalue weighted by Crippen LogP contribution is -2.31. The second-order valence-corrected chi connectivity index (χ2v) is 6.14. The molecule has 0 radical (unpaired) electrons. The number of aliphatic hydroxyl groups excluding tert-OH is 1. The predicted molar refractivity (Wildman–Crippen MR) is 69.5 cm³/mol. The van der Waals surface area contributed by atoms with Gasteiger partial charge < -0.3 is 10.4 Å². The summed E-state index contributed by atoms with van der Waals surface area (Å²) >= 11 is 1.55. The minimum absolute atomic E-state index is 0.00229. The number of carbonyl (C=O) groups excluding carboxylic acids is 1. The summed E-state index contributed by atoms with van der Waals surface area (Å²) in [5.74, 6) is -0.00229. The summed E-state index contributed by atoms with van der Waals surface area (Å²) in [5.41, 5.74) is 1.23. The molecule has 94 valence electrons. The van der Waals surface area contributed by atoms with Gasteiger partial charge in [0.25, 0.3) is 5.91 Å². The molecule has 1 fully saturated rings. The average molecular weight is 253 g/mol. The van der Waals surface area contributed by atoms with Gasteiger partial charge in [-0.15, -0.1) is 11.3 Å². The van der Waals surface area contributed by atoms with Crippen LogP contribution in [-0.4, -0.2) is 24.2 Å². The van der Waals surface area contributed by atoms with Gasteiger partial charge in [-0.2, -0.15) is 0 Å². The maximum absolute atomic E-state index is 11.9. The van der Waals surface area contributed by atoms with Crippen molar-refractivity contribution >= 4 is 17.2 Å². The van der Waals surface area contributed by atoms with Gasteiger partial charge in [0.15, 0.2) is 0 Å². The van der Waals surface area contributed by atoms with Crippen LogP contribution in [-0.2, 0) is 6.42 Å². The summed E-state index contributed by atoms with van der Waals surface area (Å²) in [5, 5.41) is 12.1. The zero-order chi connectivity index (χ0) is 12.5. The smallest absolute Gasteiger partial charge is 0.261 e. The number of hydrogen-bond acceptors (Lipinski definition) is 3. The number of rotatable bonds is 5. The SMILES string of the molecule is CCc1cc(C(=O)NCC2(CO)CC2)sc1C. The number of thiophene rings is 1. The molecule has 0 saturated heterocycles. The Kier molecular flexibility index (Phi) is 3.54. The van der Waals surface area contributed by atoms with Crippen LogP contribution in [0.25, 0.3) is 0 Å². The molecular weight excluding hydrogens is 234 g/mol. The molecule has 1 aromatic rings. The van der Waals surface area contributed by atoms with E-state index < -0.39 is 0 Å². The lowest BCUT2D eigenvalue weighted by atomic mass is 10.1. The van der Waals surface area contributed by atoms with E-state index in [-0.39, 0.29) is 17.9 Å². The molecule has 1 aliphatic rings. The van der Waals surface area contributed by atoms with Crippen molar-refractivity contribution in [2.45, 2.75) is 33.1 Å². The number of nitrogens with one attached hydrogen (secondary N) is 1. The third-order valence-corrected chi connectivity index (χ3v) is 4.63. The molecule has 1 aliphatic carbocycles. The predicted octanol–water partition coefficient (Wildman–Crippen LogP) is 2.12. The van der Waals surface area contributed by atoms with Crippen molar-refractivity contribution in [3.05, 3.63) is 21.4 Å². The number of amides is 1. The van der Waals surface area contributed by atoms with Gasteiger partial charge in [-0.3, -0.25) is 4.79 Å². The molecule has 1 saturated carbocycles. The largest absolute Gasteiger partial charge is 0.396 e. The normalized spacial score (nSPS) is 16.9. The maximum Gasteiger partial charge on any atom is 0.261 e. The van der Waals surface area contributed by atoms with Gasteiger partial charge >= 0.3 is 0 Å². The second-order valence-electron chi connectivity index (χ2n) is 4.89. The molecule has 2 N–H and O–H groups in total. The fourth-order valence-corrected chi connectivity index (χ4v) is 2.94. The Morgan fingerprint density at radius 1 is 1.59 bits per heavy atom. The first-order valence-electron chi connectivity index (χ1n) is 6.08. The van der Waals surface area contributed by atoms with Crippen LogP contribution in [0.3, 0.4) is 0 Å². The topological polar surface area (TPSA) is 49.3 Å². The Bertz CT molecular complexity index is 421. The van der Waals surface area contributed by atoms with Crippen LogP contribution in [0.5, 0.6) is 0 Å². The molecule has 0 aromatic carbocycles. The van der Waals surface area contributed by atoms with Gasteiger partial charge in [0.2, 0.25) is 0 Å². The van der Waals surface area contributed by atoms with Gasteiger partial charge in [-0.1, -0.05) is 6.92 Å². The molecule has 0 aliphatic heterocycles. The van der Waals surface area contributed by atoms with E-state index in [4.69, 9.17) is 0 Å². The van der Waals surface area contributed by atoms with Gasteiger partial charge in [-0.05, 0) is 37.8 Å². The van der Waals surface area contributed by atoms with E-state index >= 15 is 0 Å². The summed E-state index contributed by atoms with van der Waals surface area (Å²) in [7, 11) is 0. The van der Waals surface area contributed by atoms with Crippen LogP contribution in [0.4, 0.5) is 0 Å². The van der Waals surface area contributed by atoms with E-state index in [2.05, 4.69) is 19.2 Å². The van der Waals surface area contributed by atoms with E-state index in [9.17, 15) is 9.90 Å². The second kappa shape index (κ2) is 4.78. The first-order valence-corrected chi connectivity index (χ1v) is 6.90. The van der Waals surface area contributed by atoms with Gasteiger partial charge in [-0.25, -0.2) is 0 Å². The Morgan fingerprint density at radius 3 is 2.76 bits per heavy atom. The van der Waals surface area contributed by atoms with Crippen molar-refractivity contribution < 1.29 is 9.90 Å². The Hall–Kier alpha value is -0.870. The van der Waals surface area contributed by atoms with Crippen molar-refractivity contribution in [1.82, 2.24) is 5.32 Å². The molecule has 0 bridgehead atoms. The Balaban J connectivity index is 1.95. The van der Waals surface area contributed by atoms with Gasteiger partial charge in [0, 0.05) is 16.8 Å². The number of aliphatic hydroxyl groups is 1. The summed E-state index contributed by atoms with van der Waals surface area (Å²) in [6.45, 7) is 4.93. The minimum Gasteiger partial charge on any atom is -0.396 e. The Morgan fingerprint density at radius 2 is 2.29 bits per heavy atom. The van der Waals surface area contributed by atoms with Crippen LogP contribution >= 0.6 is 11.3 Å². The van der Waals surface area contributed by atoms with Crippen LogP contribution in [0, 0.1) is 12.3 Å². The van der Waals surface area contributed by atoms with Gasteiger partial charge in [0.1, 0.15) is 0 Å². The zero-order valence-corrected chi connectivity index (χ0v) is 11.2. The lowest BCUT2D eigenvalue weighted by Gasteiger charge is -2.11. The summed E-state index contributed by atoms with van der Waals surface area (Å²) in [4.78, 5) is 13.9. The first-order chi connectivity index (χ1) is 8.10. The van der Waals surface area contributed by atoms with Crippen LogP contribution in [0.15, 0.2) is 6.07 Å². The molecule has 3 nitrogen and oxygen atoms in total. The molecule has 1 aromatic heterocycles. The van der Waals surface area contributed by atoms with E-state index in [1.54, 1.807) is 11.3 Å². The highest BCUT2D eigenvalue weighted by Gasteiger charge is 2.42. The fourth-order valence-electron chi connectivity index (χ4n) is 1.91. The first kappa shape index (κ1) is 12.6. The third kappa shape index (κ3) is 2.69. The number of aryl methyl sites for hydroxylation is 2. The highest BCUT2D eigenvalue weighted by atomic mass is 32.1. The van der Waals surface area contributed by atoms with E-state index in [0.29, 0.717) is 6.54 Å². The summed E-state index contributed by atoms with van der Waals surface area (Å²) < 4.78 is 0. The summed E-state index contributed by atoms with van der Waals surface area (Å²) in [6, 6.07) is 1.98. The fraction of sp³-hybridized carbons (Fsp3) is 0.615. The van der Waals surface area contributed by atoms with Gasteiger partial charge in [0.05, 0.1) is 11.5 Å². The molecule has 0 unspecified atom stereocenters.